The fourth-order valence-electron chi connectivity index (χ4n) is 4.36. The molecule has 4 rings (SSSR count). The molecule has 166 valence electrons. The van der Waals surface area contributed by atoms with Gasteiger partial charge in [-0.05, 0) is 43.0 Å². The summed E-state index contributed by atoms with van der Waals surface area (Å²) in [5, 5.41) is 9.48. The van der Waals surface area contributed by atoms with Crippen LogP contribution >= 0.6 is 15.9 Å². The van der Waals surface area contributed by atoms with Gasteiger partial charge in [0.05, 0.1) is 12.1 Å². The normalized spacial score (nSPS) is 27.5. The van der Waals surface area contributed by atoms with Crippen molar-refractivity contribution in [2.45, 2.75) is 57.0 Å². The molecular formula is C23H29BrN4O3. The molecule has 3 aliphatic rings. The molecule has 0 aromatic heterocycles. The number of anilines is 1. The van der Waals surface area contributed by atoms with E-state index in [1.54, 1.807) is 12.0 Å². The lowest BCUT2D eigenvalue weighted by Crippen LogP contribution is -2.50. The summed E-state index contributed by atoms with van der Waals surface area (Å²) >= 11 is 3.43. The number of carbonyl (C=O) groups is 2. The van der Waals surface area contributed by atoms with Crippen LogP contribution in [0.4, 0.5) is 10.5 Å². The lowest BCUT2D eigenvalue weighted by molar-refractivity contribution is -0.119. The number of hydrogen-bond donors (Lipinski definition) is 3. The molecule has 1 fully saturated rings. The summed E-state index contributed by atoms with van der Waals surface area (Å²) in [6.45, 7) is 3.39. The molecule has 4 atom stereocenters. The number of nitrogens with zero attached hydrogens (tertiary/aromatic N) is 1. The van der Waals surface area contributed by atoms with E-state index in [2.05, 4.69) is 50.9 Å². The van der Waals surface area contributed by atoms with Crippen LogP contribution in [0.1, 0.15) is 30.9 Å². The van der Waals surface area contributed by atoms with Gasteiger partial charge < -0.3 is 25.6 Å². The average Bonchev–Trinajstić information content (AvgIpc) is 3.20. The van der Waals surface area contributed by atoms with Gasteiger partial charge in [-0.1, -0.05) is 40.2 Å². The average molecular weight is 489 g/mol. The minimum absolute atomic E-state index is 0.0876. The van der Waals surface area contributed by atoms with Gasteiger partial charge in [0, 0.05) is 42.8 Å². The van der Waals surface area contributed by atoms with E-state index < -0.39 is 6.04 Å². The number of nitrogens with one attached hydrogen (secondary N) is 3. The van der Waals surface area contributed by atoms with Crippen LogP contribution in [-0.4, -0.2) is 54.7 Å². The van der Waals surface area contributed by atoms with Crippen LogP contribution < -0.4 is 16.0 Å². The number of amides is 3. The summed E-state index contributed by atoms with van der Waals surface area (Å²) in [6.07, 6.45) is 7.85. The Hall–Kier alpha value is -2.16. The van der Waals surface area contributed by atoms with E-state index in [0.717, 1.165) is 23.1 Å². The monoisotopic (exact) mass is 488 g/mol. The molecular weight excluding hydrogens is 460 g/mol. The Labute approximate surface area is 191 Å². The van der Waals surface area contributed by atoms with E-state index in [4.69, 9.17) is 4.74 Å². The molecule has 1 aliphatic carbocycles. The van der Waals surface area contributed by atoms with Crippen molar-refractivity contribution in [2.24, 2.45) is 0 Å². The topological polar surface area (TPSA) is 82.7 Å². The van der Waals surface area contributed by atoms with Crippen LogP contribution in [0.3, 0.4) is 0 Å². The van der Waals surface area contributed by atoms with Gasteiger partial charge in [-0.25, -0.2) is 4.79 Å². The first-order valence-corrected chi connectivity index (χ1v) is 11.5. The van der Waals surface area contributed by atoms with Crippen LogP contribution in [0.15, 0.2) is 40.9 Å². The smallest absolute Gasteiger partial charge is 0.318 e. The molecule has 3 N–H and O–H groups in total. The Kier molecular flexibility index (Phi) is 6.79. The van der Waals surface area contributed by atoms with E-state index in [0.29, 0.717) is 25.4 Å². The van der Waals surface area contributed by atoms with Gasteiger partial charge in [0.25, 0.3) is 0 Å². The fraction of sp³-hybridized carbons (Fsp3) is 0.478. The van der Waals surface area contributed by atoms with Crippen LogP contribution in [0.2, 0.25) is 0 Å². The molecule has 4 unspecified atom stereocenters. The van der Waals surface area contributed by atoms with Gasteiger partial charge in [-0.15, -0.1) is 0 Å². The first-order chi connectivity index (χ1) is 14.9. The van der Waals surface area contributed by atoms with Crippen LogP contribution in [0, 0.1) is 0 Å². The first kappa shape index (κ1) is 22.0. The van der Waals surface area contributed by atoms with Gasteiger partial charge in [-0.2, -0.15) is 0 Å². The summed E-state index contributed by atoms with van der Waals surface area (Å²) in [4.78, 5) is 27.7. The summed E-state index contributed by atoms with van der Waals surface area (Å²) in [6, 6.07) is 5.55. The first-order valence-electron chi connectivity index (χ1n) is 10.7. The molecule has 3 amide bonds. The van der Waals surface area contributed by atoms with Crippen LogP contribution in [0.25, 0.3) is 0 Å². The number of fused-ring (bicyclic) bond motifs is 1. The maximum Gasteiger partial charge on any atom is 0.318 e. The molecule has 8 heteroatoms. The molecule has 2 heterocycles. The molecule has 7 nitrogen and oxygen atoms in total. The Morgan fingerprint density at radius 2 is 2.13 bits per heavy atom. The highest BCUT2D eigenvalue weighted by atomic mass is 79.9. The van der Waals surface area contributed by atoms with Crippen LogP contribution in [0.5, 0.6) is 0 Å². The zero-order chi connectivity index (χ0) is 22.0. The quantitative estimate of drug-likeness (QED) is 0.608. The SMILES string of the molecule is COC1CC(C(=O)Nc2ccc3c(c2)CC(C)NC3)N(C(=O)NC2C=CC(Br)=CC2)C1. The van der Waals surface area contributed by atoms with Crippen molar-refractivity contribution in [3.8, 4) is 0 Å². The third-order valence-electron chi connectivity index (χ3n) is 6.16. The third kappa shape index (κ3) is 5.19. The third-order valence-corrected chi connectivity index (χ3v) is 6.75. The summed E-state index contributed by atoms with van der Waals surface area (Å²) in [7, 11) is 1.62. The molecule has 0 radical (unpaired) electrons. The summed E-state index contributed by atoms with van der Waals surface area (Å²) in [5.74, 6) is -0.182. The maximum atomic E-state index is 13.1. The number of urea groups is 1. The Morgan fingerprint density at radius 1 is 1.29 bits per heavy atom. The van der Waals surface area contributed by atoms with E-state index in [9.17, 15) is 9.59 Å². The van der Waals surface area contributed by atoms with Crippen molar-refractivity contribution in [2.75, 3.05) is 19.0 Å². The number of likely N-dealkylation sites (tertiary alicyclic amines) is 1. The van der Waals surface area contributed by atoms with E-state index in [1.807, 2.05) is 24.3 Å². The van der Waals surface area contributed by atoms with Crippen molar-refractivity contribution in [1.82, 2.24) is 15.5 Å². The maximum absolute atomic E-state index is 13.1. The molecule has 31 heavy (non-hydrogen) atoms. The molecule has 1 saturated heterocycles. The number of benzene rings is 1. The number of hydrogen-bond acceptors (Lipinski definition) is 4. The van der Waals surface area contributed by atoms with Crippen LogP contribution in [-0.2, 0) is 22.5 Å². The second kappa shape index (κ2) is 9.54. The number of allylic oxidation sites excluding steroid dienone is 2. The molecule has 2 aliphatic heterocycles. The standard InChI is InChI=1S/C23H29BrN4O3/c1-14-9-16-10-19(6-3-15(16)12-25-14)26-22(29)21-11-20(31-2)13-28(21)23(30)27-18-7-4-17(24)5-8-18/h3-7,10,14,18,20-21,25H,8-9,11-13H2,1-2H3,(H,26,29)(H,27,30). The zero-order valence-corrected chi connectivity index (χ0v) is 19.4. The zero-order valence-electron chi connectivity index (χ0n) is 17.9. The van der Waals surface area contributed by atoms with Gasteiger partial charge in [0.1, 0.15) is 6.04 Å². The second-order valence-corrected chi connectivity index (χ2v) is 9.38. The van der Waals surface area contributed by atoms with Crippen molar-refractivity contribution >= 4 is 33.6 Å². The van der Waals surface area contributed by atoms with E-state index in [1.165, 1.54) is 11.1 Å². The van der Waals surface area contributed by atoms with Crippen molar-refractivity contribution in [1.29, 1.82) is 0 Å². The number of ether oxygens (including phenoxy) is 1. The molecule has 0 saturated carbocycles. The predicted octanol–water partition coefficient (Wildman–Crippen LogP) is 3.07. The highest BCUT2D eigenvalue weighted by Crippen LogP contribution is 2.25. The Morgan fingerprint density at radius 3 is 2.87 bits per heavy atom. The highest BCUT2D eigenvalue weighted by Gasteiger charge is 2.40. The van der Waals surface area contributed by atoms with E-state index >= 15 is 0 Å². The molecule has 1 aromatic carbocycles. The number of rotatable bonds is 4. The fourth-order valence-corrected chi connectivity index (χ4v) is 4.70. The van der Waals surface area contributed by atoms with Crippen molar-refractivity contribution < 1.29 is 14.3 Å². The van der Waals surface area contributed by atoms with Gasteiger partial charge >= 0.3 is 6.03 Å². The van der Waals surface area contributed by atoms with E-state index in [-0.39, 0.29) is 24.1 Å². The lowest BCUT2D eigenvalue weighted by Gasteiger charge is -2.27. The molecule has 1 aromatic rings. The number of halogens is 1. The minimum atomic E-state index is -0.573. The predicted molar refractivity (Wildman–Crippen MR) is 124 cm³/mol. The van der Waals surface area contributed by atoms with Crippen molar-refractivity contribution in [3.63, 3.8) is 0 Å². The Bertz CT molecular complexity index is 916. The molecule has 0 bridgehead atoms. The largest absolute Gasteiger partial charge is 0.380 e. The minimum Gasteiger partial charge on any atom is -0.380 e. The number of methoxy groups -OCH3 is 1. The number of carbonyl (C=O) groups excluding carboxylic acids is 2. The van der Waals surface area contributed by atoms with Gasteiger partial charge in [-0.3, -0.25) is 4.79 Å². The summed E-state index contributed by atoms with van der Waals surface area (Å²) in [5.41, 5.74) is 3.28. The van der Waals surface area contributed by atoms with Crippen molar-refractivity contribution in [3.05, 3.63) is 52.0 Å². The molecule has 0 spiro atoms. The summed E-state index contributed by atoms with van der Waals surface area (Å²) < 4.78 is 6.48. The van der Waals surface area contributed by atoms with Gasteiger partial charge in [0.2, 0.25) is 5.91 Å². The second-order valence-electron chi connectivity index (χ2n) is 8.46. The highest BCUT2D eigenvalue weighted by molar-refractivity contribution is 9.11. The Balaban J connectivity index is 1.43. The lowest BCUT2D eigenvalue weighted by atomic mass is 9.96. The van der Waals surface area contributed by atoms with Gasteiger partial charge in [0.15, 0.2) is 0 Å².